The van der Waals surface area contributed by atoms with E-state index in [4.69, 9.17) is 5.11 Å². The van der Waals surface area contributed by atoms with Crippen LogP contribution in [0.3, 0.4) is 0 Å². The highest BCUT2D eigenvalue weighted by molar-refractivity contribution is 7.99. The predicted octanol–water partition coefficient (Wildman–Crippen LogP) is 1.46. The fraction of sp³-hybridized carbons (Fsp3) is 0.273. The van der Waals surface area contributed by atoms with E-state index in [1.165, 1.54) is 0 Å². The zero-order chi connectivity index (χ0) is 13.0. The average Bonchev–Trinajstić information content (AvgIpc) is 2.85. The molecule has 94 valence electrons. The van der Waals surface area contributed by atoms with Crippen LogP contribution in [0.2, 0.25) is 0 Å². The van der Waals surface area contributed by atoms with Gasteiger partial charge in [-0.2, -0.15) is 0 Å². The van der Waals surface area contributed by atoms with Crippen LogP contribution in [0, 0.1) is 0 Å². The minimum Gasteiger partial charge on any atom is -0.481 e. The van der Waals surface area contributed by atoms with E-state index in [0.29, 0.717) is 5.16 Å². The van der Waals surface area contributed by atoms with Gasteiger partial charge in [-0.3, -0.25) is 14.3 Å². The third-order valence-corrected chi connectivity index (χ3v) is 3.34. The van der Waals surface area contributed by atoms with Crippen molar-refractivity contribution in [1.82, 2.24) is 19.7 Å². The fourth-order valence-electron chi connectivity index (χ4n) is 1.49. The van der Waals surface area contributed by atoms with Crippen LogP contribution in [0.15, 0.2) is 35.9 Å². The molecule has 0 spiro atoms. The molecular formula is C11H12N4O2S. The number of hydrogen-bond acceptors (Lipinski definition) is 5. The zero-order valence-electron chi connectivity index (χ0n) is 9.72. The maximum absolute atomic E-state index is 10.6. The Labute approximate surface area is 108 Å². The third kappa shape index (κ3) is 2.86. The highest BCUT2D eigenvalue weighted by atomic mass is 32.2. The minimum absolute atomic E-state index is 0.0301. The highest BCUT2D eigenvalue weighted by Crippen LogP contribution is 2.22. The SMILES string of the molecule is CC(c1ccccn1)n1cnnc1SCC(=O)O. The van der Waals surface area contributed by atoms with Gasteiger partial charge >= 0.3 is 5.97 Å². The van der Waals surface area contributed by atoms with Crippen molar-refractivity contribution < 1.29 is 9.90 Å². The van der Waals surface area contributed by atoms with E-state index >= 15 is 0 Å². The van der Waals surface area contributed by atoms with Gasteiger partial charge in [0.05, 0.1) is 17.5 Å². The van der Waals surface area contributed by atoms with E-state index in [1.807, 2.05) is 29.7 Å². The Morgan fingerprint density at radius 2 is 2.39 bits per heavy atom. The Hall–Kier alpha value is -1.89. The standard InChI is InChI=1S/C11H12N4O2S/c1-8(9-4-2-3-5-12-9)15-7-13-14-11(15)18-6-10(16)17/h2-5,7-8H,6H2,1H3,(H,16,17). The normalized spacial score (nSPS) is 12.3. The molecule has 2 heterocycles. The number of rotatable bonds is 5. The summed E-state index contributed by atoms with van der Waals surface area (Å²) in [5, 5.41) is 17.0. The molecule has 2 rings (SSSR count). The van der Waals surface area contributed by atoms with Crippen LogP contribution in [0.1, 0.15) is 18.7 Å². The summed E-state index contributed by atoms with van der Waals surface area (Å²) in [7, 11) is 0. The summed E-state index contributed by atoms with van der Waals surface area (Å²) in [6.07, 6.45) is 3.31. The molecule has 2 aromatic rings. The number of aromatic nitrogens is 4. The molecule has 0 aliphatic heterocycles. The molecule has 1 atom stereocenters. The van der Waals surface area contributed by atoms with E-state index in [9.17, 15) is 4.79 Å². The average molecular weight is 264 g/mol. The van der Waals surface area contributed by atoms with Crippen molar-refractivity contribution in [2.75, 3.05) is 5.75 Å². The van der Waals surface area contributed by atoms with Crippen LogP contribution in [-0.4, -0.2) is 36.6 Å². The van der Waals surface area contributed by atoms with Gasteiger partial charge in [0, 0.05) is 6.20 Å². The topological polar surface area (TPSA) is 80.9 Å². The quantitative estimate of drug-likeness (QED) is 0.823. The Morgan fingerprint density at radius 1 is 1.56 bits per heavy atom. The third-order valence-electron chi connectivity index (χ3n) is 2.40. The maximum atomic E-state index is 10.6. The van der Waals surface area contributed by atoms with E-state index in [0.717, 1.165) is 17.5 Å². The molecule has 0 radical (unpaired) electrons. The fourth-order valence-corrected chi connectivity index (χ4v) is 2.20. The summed E-state index contributed by atoms with van der Waals surface area (Å²) in [5.74, 6) is -0.909. The lowest BCUT2D eigenvalue weighted by Gasteiger charge is -2.13. The molecule has 0 bridgehead atoms. The van der Waals surface area contributed by atoms with E-state index in [2.05, 4.69) is 15.2 Å². The number of carbonyl (C=O) groups is 1. The molecule has 0 saturated carbocycles. The number of carboxylic acids is 1. The van der Waals surface area contributed by atoms with Gasteiger partial charge in [0.2, 0.25) is 0 Å². The van der Waals surface area contributed by atoms with Gasteiger partial charge in [-0.15, -0.1) is 10.2 Å². The van der Waals surface area contributed by atoms with Crippen LogP contribution in [0.25, 0.3) is 0 Å². The van der Waals surface area contributed by atoms with E-state index < -0.39 is 5.97 Å². The molecule has 7 heteroatoms. The second-order valence-corrected chi connectivity index (χ2v) is 4.58. The monoisotopic (exact) mass is 264 g/mol. The summed E-state index contributed by atoms with van der Waals surface area (Å²) in [6, 6.07) is 5.64. The van der Waals surface area contributed by atoms with Crippen molar-refractivity contribution in [1.29, 1.82) is 0 Å². The van der Waals surface area contributed by atoms with Crippen molar-refractivity contribution >= 4 is 17.7 Å². The van der Waals surface area contributed by atoms with Crippen molar-refractivity contribution in [3.63, 3.8) is 0 Å². The molecular weight excluding hydrogens is 252 g/mol. The molecule has 18 heavy (non-hydrogen) atoms. The molecule has 0 aliphatic rings. The van der Waals surface area contributed by atoms with Crippen LogP contribution < -0.4 is 0 Å². The molecule has 0 amide bonds. The molecule has 0 fully saturated rings. The molecule has 0 saturated heterocycles. The second kappa shape index (κ2) is 5.63. The molecule has 0 aliphatic carbocycles. The lowest BCUT2D eigenvalue weighted by molar-refractivity contribution is -0.133. The summed E-state index contributed by atoms with van der Waals surface area (Å²) in [5.41, 5.74) is 0.884. The predicted molar refractivity (Wildman–Crippen MR) is 66.4 cm³/mol. The van der Waals surface area contributed by atoms with Gasteiger partial charge in [0.1, 0.15) is 6.33 Å². The Bertz CT molecular complexity index is 529. The van der Waals surface area contributed by atoms with Crippen molar-refractivity contribution in [2.24, 2.45) is 0 Å². The molecule has 0 aromatic carbocycles. The number of aliphatic carboxylic acids is 1. The number of nitrogens with zero attached hydrogens (tertiary/aromatic N) is 4. The van der Waals surface area contributed by atoms with Crippen LogP contribution >= 0.6 is 11.8 Å². The first-order valence-corrected chi connectivity index (χ1v) is 6.32. The van der Waals surface area contributed by atoms with Gasteiger partial charge in [-0.05, 0) is 19.1 Å². The van der Waals surface area contributed by atoms with Gasteiger partial charge in [0.15, 0.2) is 5.16 Å². The van der Waals surface area contributed by atoms with E-state index in [-0.39, 0.29) is 11.8 Å². The van der Waals surface area contributed by atoms with Gasteiger partial charge in [-0.25, -0.2) is 0 Å². The molecule has 1 unspecified atom stereocenters. The first kappa shape index (κ1) is 12.6. The summed E-state index contributed by atoms with van der Waals surface area (Å²) < 4.78 is 1.82. The van der Waals surface area contributed by atoms with Crippen LogP contribution in [0.4, 0.5) is 0 Å². The van der Waals surface area contributed by atoms with Crippen molar-refractivity contribution in [2.45, 2.75) is 18.1 Å². The molecule has 2 aromatic heterocycles. The summed E-state index contributed by atoms with van der Waals surface area (Å²) in [4.78, 5) is 14.8. The second-order valence-electron chi connectivity index (χ2n) is 3.63. The highest BCUT2D eigenvalue weighted by Gasteiger charge is 2.15. The lowest BCUT2D eigenvalue weighted by atomic mass is 10.2. The van der Waals surface area contributed by atoms with Gasteiger partial charge in [0.25, 0.3) is 0 Å². The first-order valence-electron chi connectivity index (χ1n) is 5.33. The number of thioether (sulfide) groups is 1. The van der Waals surface area contributed by atoms with Crippen molar-refractivity contribution in [3.8, 4) is 0 Å². The Kier molecular flexibility index (Phi) is 3.93. The molecule has 6 nitrogen and oxygen atoms in total. The first-order chi connectivity index (χ1) is 8.68. The van der Waals surface area contributed by atoms with E-state index in [1.54, 1.807) is 12.5 Å². The Balaban J connectivity index is 2.18. The smallest absolute Gasteiger partial charge is 0.313 e. The lowest BCUT2D eigenvalue weighted by Crippen LogP contribution is -2.09. The summed E-state index contributed by atoms with van der Waals surface area (Å²) >= 11 is 1.15. The van der Waals surface area contributed by atoms with Gasteiger partial charge in [-0.1, -0.05) is 17.8 Å². The number of hydrogen-bond donors (Lipinski definition) is 1. The van der Waals surface area contributed by atoms with Crippen LogP contribution in [-0.2, 0) is 4.79 Å². The largest absolute Gasteiger partial charge is 0.481 e. The summed E-state index contributed by atoms with van der Waals surface area (Å²) in [6.45, 7) is 1.97. The van der Waals surface area contributed by atoms with Crippen molar-refractivity contribution in [3.05, 3.63) is 36.4 Å². The van der Waals surface area contributed by atoms with Crippen LogP contribution in [0.5, 0.6) is 0 Å². The Morgan fingerprint density at radius 3 is 3.06 bits per heavy atom. The molecule has 1 N–H and O–H groups in total. The number of carboxylic acid groups (broad SMARTS) is 1. The van der Waals surface area contributed by atoms with Gasteiger partial charge < -0.3 is 5.11 Å². The minimum atomic E-state index is -0.875. The maximum Gasteiger partial charge on any atom is 0.313 e. The zero-order valence-corrected chi connectivity index (χ0v) is 10.5. The number of pyridine rings is 1.